The van der Waals surface area contributed by atoms with Crippen LogP contribution in [0.15, 0.2) is 18.2 Å². The summed E-state index contributed by atoms with van der Waals surface area (Å²) in [5.41, 5.74) is 0.366. The summed E-state index contributed by atoms with van der Waals surface area (Å²) in [5.74, 6) is -6.52. The van der Waals surface area contributed by atoms with E-state index in [1.54, 1.807) is 0 Å². The normalized spacial score (nSPS) is 16.3. The van der Waals surface area contributed by atoms with Gasteiger partial charge in [-0.1, -0.05) is 26.2 Å². The van der Waals surface area contributed by atoms with E-state index >= 15 is 0 Å². The summed E-state index contributed by atoms with van der Waals surface area (Å²) >= 11 is 0. The van der Waals surface area contributed by atoms with E-state index in [1.165, 1.54) is 12.1 Å². The molecule has 3 rings (SSSR count). The Hall–Kier alpha value is -2.25. The summed E-state index contributed by atoms with van der Waals surface area (Å²) in [5, 5.41) is 0. The number of halogens is 7. The summed E-state index contributed by atoms with van der Waals surface area (Å²) in [6.45, 7) is 2.07. The number of fused-ring (bicyclic) bond motifs is 1. The van der Waals surface area contributed by atoms with E-state index in [9.17, 15) is 30.7 Å². The summed E-state index contributed by atoms with van der Waals surface area (Å²) in [7, 11) is 0. The second-order valence-corrected chi connectivity index (χ2v) is 7.91. The fourth-order valence-electron chi connectivity index (χ4n) is 4.21. The number of unbranched alkanes of at least 4 members (excludes halogenated alkanes) is 3. The molecular formula is C23H23F7O. The number of alkyl halides is 3. The molecule has 0 spiro atoms. The van der Waals surface area contributed by atoms with Crippen molar-refractivity contribution < 1.29 is 35.5 Å². The van der Waals surface area contributed by atoms with Crippen LogP contribution < -0.4 is 4.74 Å². The van der Waals surface area contributed by atoms with Crippen molar-refractivity contribution in [2.45, 2.75) is 70.6 Å². The van der Waals surface area contributed by atoms with Crippen molar-refractivity contribution >= 4 is 0 Å². The topological polar surface area (TPSA) is 9.23 Å². The molecule has 1 aliphatic rings. The molecule has 0 radical (unpaired) electrons. The Morgan fingerprint density at radius 2 is 1.61 bits per heavy atom. The average Bonchev–Trinajstić information content (AvgIpc) is 2.67. The van der Waals surface area contributed by atoms with Crippen LogP contribution in [-0.2, 0) is 19.3 Å². The molecule has 0 fully saturated rings. The van der Waals surface area contributed by atoms with Crippen LogP contribution in [0.5, 0.6) is 5.75 Å². The minimum atomic E-state index is -5.24. The summed E-state index contributed by atoms with van der Waals surface area (Å²) < 4.78 is 98.7. The molecular weight excluding hydrogens is 425 g/mol. The van der Waals surface area contributed by atoms with Crippen LogP contribution in [0.1, 0.15) is 67.2 Å². The lowest BCUT2D eigenvalue weighted by molar-refractivity contribution is -0.276. The highest BCUT2D eigenvalue weighted by atomic mass is 19.4. The van der Waals surface area contributed by atoms with Gasteiger partial charge < -0.3 is 4.74 Å². The van der Waals surface area contributed by atoms with Crippen LogP contribution in [-0.4, -0.2) is 6.36 Å². The molecule has 1 unspecified atom stereocenters. The van der Waals surface area contributed by atoms with Gasteiger partial charge in [-0.05, 0) is 72.9 Å². The van der Waals surface area contributed by atoms with Crippen LogP contribution >= 0.6 is 0 Å². The van der Waals surface area contributed by atoms with E-state index in [2.05, 4.69) is 11.7 Å². The zero-order valence-corrected chi connectivity index (χ0v) is 17.0. The van der Waals surface area contributed by atoms with Crippen molar-refractivity contribution in [3.05, 3.63) is 63.7 Å². The molecule has 8 heteroatoms. The standard InChI is InChI=1S/C23H23F7O/c1-2-3-4-5-6-13-9-17(24)20(18(25)10-13)14-7-8-16-15(11-14)12-19(26)22(21(16)27)31-23(28,29)30/h9-10,12,14H,2-8,11H2,1H3. The fourth-order valence-corrected chi connectivity index (χ4v) is 4.21. The second kappa shape index (κ2) is 9.49. The third kappa shape index (κ3) is 5.52. The molecule has 2 aromatic rings. The van der Waals surface area contributed by atoms with Gasteiger partial charge in [-0.15, -0.1) is 13.2 Å². The van der Waals surface area contributed by atoms with Crippen molar-refractivity contribution in [2.24, 2.45) is 0 Å². The van der Waals surface area contributed by atoms with E-state index in [0.29, 0.717) is 12.0 Å². The Balaban J connectivity index is 1.82. The number of hydrogen-bond acceptors (Lipinski definition) is 1. The van der Waals surface area contributed by atoms with Gasteiger partial charge in [-0.3, -0.25) is 0 Å². The van der Waals surface area contributed by atoms with Crippen molar-refractivity contribution in [3.8, 4) is 5.75 Å². The van der Waals surface area contributed by atoms with Gasteiger partial charge in [0.1, 0.15) is 11.6 Å². The summed E-state index contributed by atoms with van der Waals surface area (Å²) in [4.78, 5) is 0. The van der Waals surface area contributed by atoms with E-state index in [1.807, 2.05) is 0 Å². The monoisotopic (exact) mass is 448 g/mol. The third-order valence-electron chi connectivity index (χ3n) is 5.66. The largest absolute Gasteiger partial charge is 0.573 e. The van der Waals surface area contributed by atoms with Gasteiger partial charge in [0.05, 0.1) is 0 Å². The van der Waals surface area contributed by atoms with Crippen LogP contribution in [0, 0.1) is 23.3 Å². The molecule has 0 aromatic heterocycles. The van der Waals surface area contributed by atoms with Gasteiger partial charge in [0.2, 0.25) is 5.75 Å². The molecule has 0 heterocycles. The summed E-state index contributed by atoms with van der Waals surface area (Å²) in [6, 6.07) is 3.34. The molecule has 170 valence electrons. The lowest BCUT2D eigenvalue weighted by Gasteiger charge is -2.27. The van der Waals surface area contributed by atoms with Crippen LogP contribution in [0.4, 0.5) is 30.7 Å². The Labute approximate surface area is 176 Å². The molecule has 1 atom stereocenters. The SMILES string of the molecule is CCCCCCc1cc(F)c(C2CCc3c(cc(F)c(OC(F)(F)F)c3F)C2)c(F)c1. The maximum Gasteiger partial charge on any atom is 0.573 e. The lowest BCUT2D eigenvalue weighted by Crippen LogP contribution is -2.22. The Kier molecular flexibility index (Phi) is 7.17. The molecule has 0 amide bonds. The molecule has 1 nitrogen and oxygen atoms in total. The highest BCUT2D eigenvalue weighted by molar-refractivity contribution is 5.43. The zero-order chi connectivity index (χ0) is 22.8. The van der Waals surface area contributed by atoms with Crippen molar-refractivity contribution in [1.29, 1.82) is 0 Å². The predicted molar refractivity (Wildman–Crippen MR) is 102 cm³/mol. The molecule has 0 N–H and O–H groups in total. The maximum atomic E-state index is 14.7. The minimum absolute atomic E-state index is 0.0842. The predicted octanol–water partition coefficient (Wildman–Crippen LogP) is 7.54. The number of hydrogen-bond donors (Lipinski definition) is 0. The van der Waals surface area contributed by atoms with Gasteiger partial charge in [0.15, 0.2) is 11.6 Å². The van der Waals surface area contributed by atoms with Gasteiger partial charge >= 0.3 is 6.36 Å². The van der Waals surface area contributed by atoms with E-state index in [0.717, 1.165) is 31.7 Å². The van der Waals surface area contributed by atoms with Crippen LogP contribution in [0.25, 0.3) is 0 Å². The first kappa shape index (κ1) is 23.4. The van der Waals surface area contributed by atoms with E-state index < -0.39 is 41.3 Å². The van der Waals surface area contributed by atoms with E-state index in [4.69, 9.17) is 0 Å². The fraction of sp³-hybridized carbons (Fsp3) is 0.478. The Morgan fingerprint density at radius 1 is 0.935 bits per heavy atom. The average molecular weight is 448 g/mol. The smallest absolute Gasteiger partial charge is 0.399 e. The minimum Gasteiger partial charge on any atom is -0.399 e. The maximum absolute atomic E-state index is 14.7. The van der Waals surface area contributed by atoms with Gasteiger partial charge in [0.25, 0.3) is 0 Å². The number of benzene rings is 2. The number of ether oxygens (including phenoxy) is 1. The first-order valence-corrected chi connectivity index (χ1v) is 10.3. The summed E-state index contributed by atoms with van der Waals surface area (Å²) in [6.07, 6.45) is -0.843. The first-order chi connectivity index (χ1) is 14.6. The van der Waals surface area contributed by atoms with Crippen molar-refractivity contribution in [1.82, 2.24) is 0 Å². The zero-order valence-electron chi connectivity index (χ0n) is 17.0. The Bertz CT molecular complexity index is 913. The van der Waals surface area contributed by atoms with Crippen molar-refractivity contribution in [2.75, 3.05) is 0 Å². The highest BCUT2D eigenvalue weighted by Gasteiger charge is 2.36. The van der Waals surface area contributed by atoms with E-state index in [-0.39, 0.29) is 36.0 Å². The van der Waals surface area contributed by atoms with Crippen LogP contribution in [0.2, 0.25) is 0 Å². The molecule has 2 aromatic carbocycles. The Morgan fingerprint density at radius 3 is 2.23 bits per heavy atom. The quantitative estimate of drug-likeness (QED) is 0.314. The first-order valence-electron chi connectivity index (χ1n) is 10.3. The van der Waals surface area contributed by atoms with Gasteiger partial charge in [-0.25, -0.2) is 17.6 Å². The molecule has 31 heavy (non-hydrogen) atoms. The van der Waals surface area contributed by atoms with Gasteiger partial charge in [0, 0.05) is 5.56 Å². The number of rotatable bonds is 7. The lowest BCUT2D eigenvalue weighted by atomic mass is 9.79. The molecule has 0 aliphatic heterocycles. The third-order valence-corrected chi connectivity index (χ3v) is 5.66. The molecule has 0 bridgehead atoms. The van der Waals surface area contributed by atoms with Gasteiger partial charge in [-0.2, -0.15) is 0 Å². The number of aryl methyl sites for hydroxylation is 1. The van der Waals surface area contributed by atoms with Crippen molar-refractivity contribution in [3.63, 3.8) is 0 Å². The van der Waals surface area contributed by atoms with Crippen LogP contribution in [0.3, 0.4) is 0 Å². The molecule has 0 saturated heterocycles. The molecule has 0 saturated carbocycles. The highest BCUT2D eigenvalue weighted by Crippen LogP contribution is 2.40. The second-order valence-electron chi connectivity index (χ2n) is 7.91. The molecule has 1 aliphatic carbocycles.